The van der Waals surface area contributed by atoms with Gasteiger partial charge in [0.2, 0.25) is 0 Å². The first-order chi connectivity index (χ1) is 8.39. The Bertz CT molecular complexity index is 570. The zero-order valence-corrected chi connectivity index (χ0v) is 11.3. The normalized spacial score (nSPS) is 11.8. The average Bonchev–Trinajstić information content (AvgIpc) is 2.27. The van der Waals surface area contributed by atoms with E-state index < -0.39 is 0 Å². The molecule has 0 saturated heterocycles. The van der Waals surface area contributed by atoms with Crippen molar-refractivity contribution in [2.24, 2.45) is 5.41 Å². The van der Waals surface area contributed by atoms with E-state index in [2.05, 4.69) is 25.8 Å². The van der Waals surface area contributed by atoms with Crippen LogP contribution in [0, 0.1) is 5.41 Å². The van der Waals surface area contributed by atoms with E-state index in [9.17, 15) is 5.11 Å². The topological polar surface area (TPSA) is 42.4 Å². The molecule has 1 aromatic heterocycles. The molecule has 18 heavy (non-hydrogen) atoms. The highest BCUT2D eigenvalue weighted by molar-refractivity contribution is 5.81. The Morgan fingerprint density at radius 3 is 2.56 bits per heavy atom. The molecule has 0 aliphatic rings. The van der Waals surface area contributed by atoms with Crippen LogP contribution >= 0.6 is 0 Å². The summed E-state index contributed by atoms with van der Waals surface area (Å²) in [6, 6.07) is 7.43. The number of fused-ring (bicyclic) bond motifs is 1. The molecule has 0 bridgehead atoms. The molecule has 1 aromatic carbocycles. The number of pyridine rings is 1. The molecule has 0 unspecified atom stereocenters. The number of aromatic nitrogens is 1. The fourth-order valence-corrected chi connectivity index (χ4v) is 1.94. The van der Waals surface area contributed by atoms with Crippen LogP contribution in [0.1, 0.15) is 26.5 Å². The van der Waals surface area contributed by atoms with Crippen LogP contribution in [0.15, 0.2) is 24.3 Å². The predicted molar refractivity (Wildman–Crippen MR) is 73.1 cm³/mol. The van der Waals surface area contributed by atoms with Gasteiger partial charge < -0.3 is 9.84 Å². The van der Waals surface area contributed by atoms with E-state index in [0.717, 1.165) is 28.8 Å². The summed E-state index contributed by atoms with van der Waals surface area (Å²) in [4.78, 5) is 4.54. The predicted octanol–water partition coefficient (Wildman–Crippen LogP) is 3.54. The molecule has 3 heteroatoms. The second-order valence-corrected chi connectivity index (χ2v) is 5.75. The van der Waals surface area contributed by atoms with Gasteiger partial charge in [-0.3, -0.25) is 0 Å². The van der Waals surface area contributed by atoms with Crippen molar-refractivity contribution in [1.82, 2.24) is 4.98 Å². The SMILES string of the molecule is COc1ccc2cc(O)c(CC(C)(C)C)nc2c1. The lowest BCUT2D eigenvalue weighted by Crippen LogP contribution is -2.10. The van der Waals surface area contributed by atoms with Gasteiger partial charge in [-0.25, -0.2) is 4.98 Å². The van der Waals surface area contributed by atoms with Crippen LogP contribution in [0.3, 0.4) is 0 Å². The molecule has 0 aliphatic heterocycles. The number of ether oxygens (including phenoxy) is 1. The minimum Gasteiger partial charge on any atom is -0.506 e. The minimum atomic E-state index is 0.0943. The first-order valence-electron chi connectivity index (χ1n) is 6.06. The van der Waals surface area contributed by atoms with Gasteiger partial charge in [-0.1, -0.05) is 20.8 Å². The van der Waals surface area contributed by atoms with E-state index in [0.29, 0.717) is 0 Å². The summed E-state index contributed by atoms with van der Waals surface area (Å²) in [5, 5.41) is 10.9. The second kappa shape index (κ2) is 4.48. The number of rotatable bonds is 2. The van der Waals surface area contributed by atoms with Crippen molar-refractivity contribution in [3.05, 3.63) is 30.0 Å². The highest BCUT2D eigenvalue weighted by atomic mass is 16.5. The zero-order valence-electron chi connectivity index (χ0n) is 11.3. The molecular weight excluding hydrogens is 226 g/mol. The molecule has 96 valence electrons. The van der Waals surface area contributed by atoms with Crippen LogP contribution in [0.4, 0.5) is 0 Å². The van der Waals surface area contributed by atoms with E-state index in [1.54, 1.807) is 13.2 Å². The lowest BCUT2D eigenvalue weighted by Gasteiger charge is -2.18. The lowest BCUT2D eigenvalue weighted by molar-refractivity contribution is 0.389. The zero-order chi connectivity index (χ0) is 13.3. The Labute approximate surface area is 107 Å². The summed E-state index contributed by atoms with van der Waals surface area (Å²) >= 11 is 0. The van der Waals surface area contributed by atoms with E-state index in [1.165, 1.54) is 0 Å². The van der Waals surface area contributed by atoms with Gasteiger partial charge in [-0.05, 0) is 30.0 Å². The monoisotopic (exact) mass is 245 g/mol. The molecule has 1 N–H and O–H groups in total. The van der Waals surface area contributed by atoms with E-state index in [-0.39, 0.29) is 11.2 Å². The molecule has 0 radical (unpaired) electrons. The molecule has 3 nitrogen and oxygen atoms in total. The molecule has 0 aliphatic carbocycles. The number of hydrogen-bond acceptors (Lipinski definition) is 3. The summed E-state index contributed by atoms with van der Waals surface area (Å²) in [6.45, 7) is 6.39. The molecule has 2 aromatic rings. The van der Waals surface area contributed by atoms with Crippen LogP contribution in [-0.2, 0) is 6.42 Å². The van der Waals surface area contributed by atoms with E-state index in [1.807, 2.05) is 18.2 Å². The van der Waals surface area contributed by atoms with Crippen molar-refractivity contribution >= 4 is 10.9 Å². The van der Waals surface area contributed by atoms with E-state index >= 15 is 0 Å². The molecule has 0 fully saturated rings. The molecule has 2 rings (SSSR count). The molecule has 1 heterocycles. The Hall–Kier alpha value is -1.77. The Kier molecular flexibility index (Phi) is 3.16. The smallest absolute Gasteiger partial charge is 0.137 e. The van der Waals surface area contributed by atoms with Crippen molar-refractivity contribution in [1.29, 1.82) is 0 Å². The fraction of sp³-hybridized carbons (Fsp3) is 0.400. The van der Waals surface area contributed by atoms with Crippen molar-refractivity contribution in [3.8, 4) is 11.5 Å². The lowest BCUT2D eigenvalue weighted by atomic mass is 9.90. The number of hydrogen-bond donors (Lipinski definition) is 1. The number of nitrogens with zero attached hydrogens (tertiary/aromatic N) is 1. The van der Waals surface area contributed by atoms with Crippen LogP contribution < -0.4 is 4.74 Å². The number of aromatic hydroxyl groups is 1. The van der Waals surface area contributed by atoms with Crippen LogP contribution in [0.25, 0.3) is 10.9 Å². The molecule has 0 atom stereocenters. The first kappa shape index (κ1) is 12.7. The Balaban J connectivity index is 2.51. The number of methoxy groups -OCH3 is 1. The van der Waals surface area contributed by atoms with Gasteiger partial charge in [0.05, 0.1) is 18.3 Å². The van der Waals surface area contributed by atoms with E-state index in [4.69, 9.17) is 4.74 Å². The molecular formula is C15H19NO2. The number of benzene rings is 1. The Morgan fingerprint density at radius 1 is 1.22 bits per heavy atom. The van der Waals surface area contributed by atoms with Crippen LogP contribution in [-0.4, -0.2) is 17.2 Å². The van der Waals surface area contributed by atoms with Crippen LogP contribution in [0.5, 0.6) is 11.5 Å². The largest absolute Gasteiger partial charge is 0.506 e. The van der Waals surface area contributed by atoms with Gasteiger partial charge in [0, 0.05) is 11.5 Å². The summed E-state index contributed by atoms with van der Waals surface area (Å²) < 4.78 is 5.19. The maximum Gasteiger partial charge on any atom is 0.137 e. The maximum atomic E-state index is 10.0. The van der Waals surface area contributed by atoms with Gasteiger partial charge in [-0.2, -0.15) is 0 Å². The van der Waals surface area contributed by atoms with Crippen molar-refractivity contribution in [2.75, 3.05) is 7.11 Å². The summed E-state index contributed by atoms with van der Waals surface area (Å²) in [5.41, 5.74) is 1.69. The molecule has 0 saturated carbocycles. The van der Waals surface area contributed by atoms with Crippen molar-refractivity contribution in [3.63, 3.8) is 0 Å². The minimum absolute atomic E-state index is 0.0943. The summed E-state index contributed by atoms with van der Waals surface area (Å²) in [7, 11) is 1.64. The maximum absolute atomic E-state index is 10.0. The third-order valence-electron chi connectivity index (χ3n) is 2.78. The average molecular weight is 245 g/mol. The van der Waals surface area contributed by atoms with Gasteiger partial charge in [-0.15, -0.1) is 0 Å². The van der Waals surface area contributed by atoms with Crippen molar-refractivity contribution < 1.29 is 9.84 Å². The van der Waals surface area contributed by atoms with Gasteiger partial charge in [0.1, 0.15) is 11.5 Å². The third-order valence-corrected chi connectivity index (χ3v) is 2.78. The van der Waals surface area contributed by atoms with Crippen molar-refractivity contribution in [2.45, 2.75) is 27.2 Å². The first-order valence-corrected chi connectivity index (χ1v) is 6.06. The second-order valence-electron chi connectivity index (χ2n) is 5.75. The summed E-state index contributed by atoms with van der Waals surface area (Å²) in [5.74, 6) is 1.05. The highest BCUT2D eigenvalue weighted by Crippen LogP contribution is 2.29. The summed E-state index contributed by atoms with van der Waals surface area (Å²) in [6.07, 6.45) is 0.742. The third kappa shape index (κ3) is 2.73. The van der Waals surface area contributed by atoms with Gasteiger partial charge >= 0.3 is 0 Å². The standard InChI is InChI=1S/C15H19NO2/c1-15(2,3)9-13-14(17)7-10-5-6-11(18-4)8-12(10)16-13/h5-8,17H,9H2,1-4H3. The fourth-order valence-electron chi connectivity index (χ4n) is 1.94. The Morgan fingerprint density at radius 2 is 1.94 bits per heavy atom. The van der Waals surface area contributed by atoms with Gasteiger partial charge in [0.25, 0.3) is 0 Å². The quantitative estimate of drug-likeness (QED) is 0.880. The highest BCUT2D eigenvalue weighted by Gasteiger charge is 2.16. The van der Waals surface area contributed by atoms with Gasteiger partial charge in [0.15, 0.2) is 0 Å². The molecule has 0 amide bonds. The molecule has 0 spiro atoms. The van der Waals surface area contributed by atoms with Crippen LogP contribution in [0.2, 0.25) is 0 Å².